The lowest BCUT2D eigenvalue weighted by atomic mass is 10.1. The van der Waals surface area contributed by atoms with Gasteiger partial charge in [-0.25, -0.2) is 9.69 Å². The van der Waals surface area contributed by atoms with E-state index >= 15 is 0 Å². The third-order valence-electron chi connectivity index (χ3n) is 3.59. The summed E-state index contributed by atoms with van der Waals surface area (Å²) < 4.78 is 4.60. The van der Waals surface area contributed by atoms with Crippen LogP contribution < -0.4 is 0 Å². The topological polar surface area (TPSA) is 83.9 Å². The molecule has 0 aromatic heterocycles. The van der Waals surface area contributed by atoms with Crippen LogP contribution in [0.5, 0.6) is 0 Å². The summed E-state index contributed by atoms with van der Waals surface area (Å²) in [6.07, 6.45) is 1.03. The van der Waals surface area contributed by atoms with Crippen molar-refractivity contribution in [3.63, 3.8) is 0 Å². The monoisotopic (exact) mass is 271 g/mol. The number of rotatable bonds is 6. The molecule has 1 fully saturated rings. The lowest BCUT2D eigenvalue weighted by Gasteiger charge is -2.19. The number of ether oxygens (including phenoxy) is 1. The Balaban J connectivity index is 2.58. The van der Waals surface area contributed by atoms with Gasteiger partial charge in [-0.15, -0.1) is 0 Å². The molecular formula is C13H21NO5. The fourth-order valence-electron chi connectivity index (χ4n) is 2.25. The Kier molecular flexibility index (Phi) is 5.32. The minimum absolute atomic E-state index is 0.0408. The number of methoxy groups -OCH3 is 1. The van der Waals surface area contributed by atoms with Crippen molar-refractivity contribution in [1.29, 1.82) is 0 Å². The highest BCUT2D eigenvalue weighted by atomic mass is 16.5. The molecule has 0 spiro atoms. The van der Waals surface area contributed by atoms with Crippen molar-refractivity contribution in [3.8, 4) is 0 Å². The van der Waals surface area contributed by atoms with Crippen molar-refractivity contribution in [2.45, 2.75) is 33.1 Å². The van der Waals surface area contributed by atoms with Gasteiger partial charge in [0.2, 0.25) is 5.91 Å². The number of carbonyl (C=O) groups is 3. The molecule has 3 unspecified atom stereocenters. The zero-order chi connectivity index (χ0) is 14.6. The van der Waals surface area contributed by atoms with Crippen LogP contribution in [0.2, 0.25) is 0 Å². The van der Waals surface area contributed by atoms with Gasteiger partial charge < -0.3 is 9.84 Å². The minimum atomic E-state index is -0.836. The second-order valence-electron chi connectivity index (χ2n) is 5.01. The smallest absolute Gasteiger partial charge is 0.416 e. The van der Waals surface area contributed by atoms with Gasteiger partial charge in [0.05, 0.1) is 13.0 Å². The Morgan fingerprint density at radius 3 is 2.53 bits per heavy atom. The first kappa shape index (κ1) is 15.5. The minimum Gasteiger partial charge on any atom is -0.481 e. The zero-order valence-corrected chi connectivity index (χ0v) is 11.6. The van der Waals surface area contributed by atoms with Crippen LogP contribution in [0, 0.1) is 17.8 Å². The number of aliphatic carboxylic acids is 1. The summed E-state index contributed by atoms with van der Waals surface area (Å²) in [5, 5.41) is 8.92. The highest BCUT2D eigenvalue weighted by Crippen LogP contribution is 2.44. The lowest BCUT2D eigenvalue weighted by Crippen LogP contribution is -2.38. The van der Waals surface area contributed by atoms with E-state index in [9.17, 15) is 14.4 Å². The van der Waals surface area contributed by atoms with Crippen molar-refractivity contribution in [3.05, 3.63) is 0 Å². The molecule has 0 radical (unpaired) electrons. The molecule has 1 rings (SSSR count). The first-order valence-corrected chi connectivity index (χ1v) is 6.53. The van der Waals surface area contributed by atoms with Crippen LogP contribution in [0.3, 0.4) is 0 Å². The van der Waals surface area contributed by atoms with E-state index in [0.29, 0.717) is 12.8 Å². The van der Waals surface area contributed by atoms with Crippen molar-refractivity contribution in [1.82, 2.24) is 4.90 Å². The SMILES string of the molecule is CCCC(=O)N(CC1CC1C(C)C(=O)O)C(=O)OC. The van der Waals surface area contributed by atoms with Crippen LogP contribution in [0.25, 0.3) is 0 Å². The second-order valence-corrected chi connectivity index (χ2v) is 5.01. The van der Waals surface area contributed by atoms with Crippen LogP contribution in [0.4, 0.5) is 4.79 Å². The van der Waals surface area contributed by atoms with Crippen molar-refractivity contribution < 1.29 is 24.2 Å². The van der Waals surface area contributed by atoms with E-state index in [1.165, 1.54) is 7.11 Å². The van der Waals surface area contributed by atoms with E-state index in [1.807, 2.05) is 6.92 Å². The average molecular weight is 271 g/mol. The summed E-state index contributed by atoms with van der Waals surface area (Å²) in [5.74, 6) is -1.42. The Labute approximate surface area is 112 Å². The average Bonchev–Trinajstić information content (AvgIpc) is 3.13. The van der Waals surface area contributed by atoms with E-state index in [-0.39, 0.29) is 24.3 Å². The van der Waals surface area contributed by atoms with Crippen molar-refractivity contribution >= 4 is 18.0 Å². The molecule has 6 heteroatoms. The summed E-state index contributed by atoms with van der Waals surface area (Å²) in [5.41, 5.74) is 0. The van der Waals surface area contributed by atoms with E-state index in [4.69, 9.17) is 5.11 Å². The van der Waals surface area contributed by atoms with Crippen LogP contribution in [0.15, 0.2) is 0 Å². The molecule has 19 heavy (non-hydrogen) atoms. The van der Waals surface area contributed by atoms with E-state index in [0.717, 1.165) is 11.3 Å². The quantitative estimate of drug-likeness (QED) is 0.795. The van der Waals surface area contributed by atoms with E-state index < -0.39 is 18.0 Å². The van der Waals surface area contributed by atoms with Gasteiger partial charge in [0.15, 0.2) is 0 Å². The zero-order valence-electron chi connectivity index (χ0n) is 11.6. The Morgan fingerprint density at radius 1 is 1.42 bits per heavy atom. The third kappa shape index (κ3) is 3.94. The van der Waals surface area contributed by atoms with E-state index in [1.54, 1.807) is 6.92 Å². The summed E-state index contributed by atoms with van der Waals surface area (Å²) in [6, 6.07) is 0. The van der Waals surface area contributed by atoms with E-state index in [2.05, 4.69) is 4.74 Å². The molecule has 0 bridgehead atoms. The molecule has 1 N–H and O–H groups in total. The number of carboxylic acids is 1. The van der Waals surface area contributed by atoms with Gasteiger partial charge in [0, 0.05) is 13.0 Å². The first-order chi connectivity index (χ1) is 8.92. The molecule has 6 nitrogen and oxygen atoms in total. The maximum absolute atomic E-state index is 11.8. The number of carbonyl (C=O) groups excluding carboxylic acids is 2. The number of hydrogen-bond acceptors (Lipinski definition) is 4. The van der Waals surface area contributed by atoms with Crippen molar-refractivity contribution in [2.24, 2.45) is 17.8 Å². The Morgan fingerprint density at radius 2 is 2.05 bits per heavy atom. The van der Waals surface area contributed by atoms with Crippen LogP contribution >= 0.6 is 0 Å². The molecule has 108 valence electrons. The standard InChI is InChI=1S/C13H21NO5/c1-4-5-11(15)14(13(18)19-3)7-9-6-10(9)8(2)12(16)17/h8-10H,4-7H2,1-3H3,(H,16,17). The lowest BCUT2D eigenvalue weighted by molar-refractivity contribution is -0.141. The number of amides is 2. The molecule has 0 heterocycles. The first-order valence-electron chi connectivity index (χ1n) is 6.53. The fourth-order valence-corrected chi connectivity index (χ4v) is 2.25. The van der Waals surface area contributed by atoms with Gasteiger partial charge in [0.25, 0.3) is 0 Å². The molecule has 1 aliphatic rings. The Bertz CT molecular complexity index is 368. The number of imide groups is 1. The molecule has 0 aromatic rings. The molecule has 1 saturated carbocycles. The predicted molar refractivity (Wildman–Crippen MR) is 67.4 cm³/mol. The summed E-state index contributed by atoms with van der Waals surface area (Å²) in [4.78, 5) is 35.4. The van der Waals surface area contributed by atoms with Crippen LogP contribution in [-0.4, -0.2) is 41.6 Å². The fraction of sp³-hybridized carbons (Fsp3) is 0.769. The van der Waals surface area contributed by atoms with Gasteiger partial charge in [-0.1, -0.05) is 13.8 Å². The Hall–Kier alpha value is -1.59. The largest absolute Gasteiger partial charge is 0.481 e. The van der Waals surface area contributed by atoms with Crippen LogP contribution in [0.1, 0.15) is 33.1 Å². The maximum atomic E-state index is 11.8. The highest BCUT2D eigenvalue weighted by Gasteiger charge is 2.45. The van der Waals surface area contributed by atoms with Gasteiger partial charge in [-0.3, -0.25) is 9.59 Å². The molecule has 2 amide bonds. The number of nitrogens with zero attached hydrogens (tertiary/aromatic N) is 1. The molecule has 0 aliphatic heterocycles. The molecule has 0 saturated heterocycles. The maximum Gasteiger partial charge on any atom is 0.416 e. The summed E-state index contributed by atoms with van der Waals surface area (Å²) >= 11 is 0. The summed E-state index contributed by atoms with van der Waals surface area (Å²) in [7, 11) is 1.23. The van der Waals surface area contributed by atoms with Gasteiger partial charge in [-0.2, -0.15) is 0 Å². The number of carboxylic acid groups (broad SMARTS) is 1. The molecule has 1 aliphatic carbocycles. The van der Waals surface area contributed by atoms with Crippen molar-refractivity contribution in [2.75, 3.05) is 13.7 Å². The highest BCUT2D eigenvalue weighted by molar-refractivity contribution is 5.91. The van der Waals surface area contributed by atoms with Gasteiger partial charge in [0.1, 0.15) is 0 Å². The molecule has 3 atom stereocenters. The number of hydrogen-bond donors (Lipinski definition) is 1. The summed E-state index contributed by atoms with van der Waals surface area (Å²) in [6.45, 7) is 3.77. The molecular weight excluding hydrogens is 250 g/mol. The normalized spacial score (nSPS) is 22.5. The third-order valence-corrected chi connectivity index (χ3v) is 3.59. The predicted octanol–water partition coefficient (Wildman–Crippen LogP) is 1.74. The van der Waals surface area contributed by atoms with Gasteiger partial charge in [-0.05, 0) is 24.7 Å². The van der Waals surface area contributed by atoms with Gasteiger partial charge >= 0.3 is 12.1 Å². The van der Waals surface area contributed by atoms with Crippen LogP contribution in [-0.2, 0) is 14.3 Å². The second kappa shape index (κ2) is 6.54. The molecule has 0 aromatic carbocycles.